The summed E-state index contributed by atoms with van der Waals surface area (Å²) in [5, 5.41) is 3.12. The molecule has 8 heteroatoms. The molecule has 118 valence electrons. The van der Waals surface area contributed by atoms with Gasteiger partial charge in [0.2, 0.25) is 5.95 Å². The first-order chi connectivity index (χ1) is 11.1. The standard InChI is InChI=1S/C15H13ClN4O3/c1-2-22-15(21)20-14-18-12-7-11(8-17-13(12)19-14)23-10-5-3-9(16)4-6-10/h3-8H,2H2,1H3,(H2,17,18,19,20,21). The second kappa shape index (κ2) is 6.53. The number of fused-ring (bicyclic) bond motifs is 1. The fraction of sp³-hybridized carbons (Fsp3) is 0.133. The zero-order chi connectivity index (χ0) is 16.2. The van der Waals surface area contributed by atoms with Crippen molar-refractivity contribution >= 4 is 34.8 Å². The highest BCUT2D eigenvalue weighted by atomic mass is 35.5. The molecule has 0 saturated carbocycles. The van der Waals surface area contributed by atoms with Crippen molar-refractivity contribution in [2.24, 2.45) is 0 Å². The summed E-state index contributed by atoms with van der Waals surface area (Å²) in [6.45, 7) is 2.00. The topological polar surface area (TPSA) is 89.1 Å². The van der Waals surface area contributed by atoms with Crippen molar-refractivity contribution in [2.75, 3.05) is 11.9 Å². The van der Waals surface area contributed by atoms with Crippen molar-refractivity contribution < 1.29 is 14.3 Å². The lowest BCUT2D eigenvalue weighted by Gasteiger charge is -2.04. The third-order valence-corrected chi connectivity index (χ3v) is 3.11. The highest BCUT2D eigenvalue weighted by molar-refractivity contribution is 6.30. The Balaban J connectivity index is 1.78. The predicted molar refractivity (Wildman–Crippen MR) is 86.1 cm³/mol. The van der Waals surface area contributed by atoms with Gasteiger partial charge < -0.3 is 14.5 Å². The Morgan fingerprint density at radius 3 is 2.83 bits per heavy atom. The summed E-state index contributed by atoms with van der Waals surface area (Å²) in [4.78, 5) is 22.7. The van der Waals surface area contributed by atoms with Crippen LogP contribution in [0.1, 0.15) is 6.92 Å². The maximum atomic E-state index is 11.4. The van der Waals surface area contributed by atoms with Crippen LogP contribution in [0, 0.1) is 0 Å². The summed E-state index contributed by atoms with van der Waals surface area (Å²) in [5.41, 5.74) is 1.09. The molecule has 1 aromatic carbocycles. The second-order valence-corrected chi connectivity index (χ2v) is 4.96. The van der Waals surface area contributed by atoms with Crippen molar-refractivity contribution in [1.29, 1.82) is 0 Å². The third kappa shape index (κ3) is 3.70. The Bertz CT molecular complexity index is 832. The van der Waals surface area contributed by atoms with Gasteiger partial charge in [0.05, 0.1) is 12.8 Å². The summed E-state index contributed by atoms with van der Waals surface area (Å²) in [6, 6.07) is 8.69. The average molecular weight is 333 g/mol. The van der Waals surface area contributed by atoms with Crippen LogP contribution in [-0.2, 0) is 4.74 Å². The number of hydrogen-bond acceptors (Lipinski definition) is 5. The predicted octanol–water partition coefficient (Wildman–Crippen LogP) is 3.97. The number of ether oxygens (including phenoxy) is 2. The van der Waals surface area contributed by atoms with E-state index in [0.717, 1.165) is 0 Å². The molecular weight excluding hydrogens is 320 g/mol. The molecule has 0 fully saturated rings. The number of carbonyl (C=O) groups excluding carboxylic acids is 1. The fourth-order valence-corrected chi connectivity index (χ4v) is 2.02. The molecular formula is C15H13ClN4O3. The van der Waals surface area contributed by atoms with Crippen molar-refractivity contribution in [2.45, 2.75) is 6.92 Å². The van der Waals surface area contributed by atoms with Crippen LogP contribution in [0.15, 0.2) is 36.5 Å². The van der Waals surface area contributed by atoms with E-state index in [0.29, 0.717) is 27.7 Å². The van der Waals surface area contributed by atoms with Gasteiger partial charge in [-0.3, -0.25) is 5.32 Å². The number of nitrogens with one attached hydrogen (secondary N) is 2. The molecule has 0 radical (unpaired) electrons. The summed E-state index contributed by atoms with van der Waals surface area (Å²) < 4.78 is 10.5. The van der Waals surface area contributed by atoms with E-state index in [2.05, 4.69) is 20.3 Å². The van der Waals surface area contributed by atoms with Crippen LogP contribution < -0.4 is 10.1 Å². The van der Waals surface area contributed by atoms with E-state index in [1.165, 1.54) is 0 Å². The molecule has 1 amide bonds. The van der Waals surface area contributed by atoms with Gasteiger partial charge >= 0.3 is 6.09 Å². The fourth-order valence-electron chi connectivity index (χ4n) is 1.89. The van der Waals surface area contributed by atoms with Crippen molar-refractivity contribution in [3.8, 4) is 11.5 Å². The Morgan fingerprint density at radius 2 is 2.09 bits per heavy atom. The van der Waals surface area contributed by atoms with Crippen LogP contribution in [-0.4, -0.2) is 27.7 Å². The van der Waals surface area contributed by atoms with Crippen LogP contribution in [0.25, 0.3) is 11.2 Å². The summed E-state index contributed by atoms with van der Waals surface area (Å²) >= 11 is 5.83. The van der Waals surface area contributed by atoms with E-state index < -0.39 is 6.09 Å². The highest BCUT2D eigenvalue weighted by Crippen LogP contribution is 2.25. The van der Waals surface area contributed by atoms with E-state index in [-0.39, 0.29) is 12.6 Å². The van der Waals surface area contributed by atoms with Gasteiger partial charge in [0.1, 0.15) is 17.0 Å². The van der Waals surface area contributed by atoms with E-state index >= 15 is 0 Å². The number of anilines is 1. The van der Waals surface area contributed by atoms with Gasteiger partial charge in [0.25, 0.3) is 0 Å². The van der Waals surface area contributed by atoms with Crippen molar-refractivity contribution in [3.05, 3.63) is 41.6 Å². The lowest BCUT2D eigenvalue weighted by atomic mass is 10.3. The number of benzene rings is 1. The molecule has 0 saturated heterocycles. The molecule has 0 atom stereocenters. The normalized spacial score (nSPS) is 10.5. The Kier molecular flexibility index (Phi) is 4.29. The summed E-state index contributed by atoms with van der Waals surface area (Å²) in [6.07, 6.45) is 0.979. The molecule has 0 spiro atoms. The summed E-state index contributed by atoms with van der Waals surface area (Å²) in [5.74, 6) is 1.42. The lowest BCUT2D eigenvalue weighted by molar-refractivity contribution is 0.167. The van der Waals surface area contributed by atoms with Crippen molar-refractivity contribution in [3.63, 3.8) is 0 Å². The number of rotatable bonds is 4. The maximum absolute atomic E-state index is 11.4. The van der Waals surface area contributed by atoms with E-state index in [1.807, 2.05) is 0 Å². The molecule has 0 bridgehead atoms. The summed E-state index contributed by atoms with van der Waals surface area (Å²) in [7, 11) is 0. The monoisotopic (exact) mass is 332 g/mol. The van der Waals surface area contributed by atoms with Crippen LogP contribution in [0.5, 0.6) is 11.5 Å². The van der Waals surface area contributed by atoms with Gasteiger partial charge in [-0.2, -0.15) is 0 Å². The number of carbonyl (C=O) groups is 1. The smallest absolute Gasteiger partial charge is 0.413 e. The Labute approximate surface area is 136 Å². The molecule has 3 aromatic rings. The van der Waals surface area contributed by atoms with E-state index in [4.69, 9.17) is 21.1 Å². The zero-order valence-electron chi connectivity index (χ0n) is 12.2. The molecule has 2 heterocycles. The maximum Gasteiger partial charge on any atom is 0.413 e. The van der Waals surface area contributed by atoms with Gasteiger partial charge in [-0.1, -0.05) is 11.6 Å². The number of hydrogen-bond donors (Lipinski definition) is 2. The number of amides is 1. The molecule has 7 nitrogen and oxygen atoms in total. The molecule has 0 aliphatic carbocycles. The van der Waals surface area contributed by atoms with Crippen LogP contribution in [0.3, 0.4) is 0 Å². The molecule has 2 aromatic heterocycles. The van der Waals surface area contributed by atoms with Gasteiger partial charge in [-0.05, 0) is 31.2 Å². The van der Waals surface area contributed by atoms with Gasteiger partial charge in [0, 0.05) is 11.1 Å². The first kappa shape index (κ1) is 15.1. The van der Waals surface area contributed by atoms with E-state index in [1.54, 1.807) is 43.5 Å². The minimum atomic E-state index is -0.579. The number of halogens is 1. The Hall–Kier alpha value is -2.80. The number of imidazole rings is 1. The second-order valence-electron chi connectivity index (χ2n) is 4.53. The van der Waals surface area contributed by atoms with Gasteiger partial charge in [-0.25, -0.2) is 14.8 Å². The zero-order valence-corrected chi connectivity index (χ0v) is 12.9. The first-order valence-corrected chi connectivity index (χ1v) is 7.25. The number of pyridine rings is 1. The van der Waals surface area contributed by atoms with Gasteiger partial charge in [0.15, 0.2) is 5.65 Å². The number of nitrogens with zero attached hydrogens (tertiary/aromatic N) is 2. The molecule has 0 unspecified atom stereocenters. The minimum Gasteiger partial charge on any atom is -0.456 e. The minimum absolute atomic E-state index is 0.259. The highest BCUT2D eigenvalue weighted by Gasteiger charge is 2.09. The largest absolute Gasteiger partial charge is 0.456 e. The molecule has 3 rings (SSSR count). The van der Waals surface area contributed by atoms with Crippen LogP contribution in [0.2, 0.25) is 5.02 Å². The quantitative estimate of drug-likeness (QED) is 0.754. The lowest BCUT2D eigenvalue weighted by Crippen LogP contribution is -2.14. The molecule has 23 heavy (non-hydrogen) atoms. The molecule has 0 aliphatic rings. The Morgan fingerprint density at radius 1 is 1.30 bits per heavy atom. The number of aromatic nitrogens is 3. The van der Waals surface area contributed by atoms with Crippen molar-refractivity contribution in [1.82, 2.24) is 15.0 Å². The third-order valence-electron chi connectivity index (χ3n) is 2.86. The first-order valence-electron chi connectivity index (χ1n) is 6.87. The van der Waals surface area contributed by atoms with Crippen LogP contribution in [0.4, 0.5) is 10.7 Å². The SMILES string of the molecule is CCOC(=O)Nc1nc2cc(Oc3ccc(Cl)cc3)cnc2[nH]1. The molecule has 2 N–H and O–H groups in total. The van der Waals surface area contributed by atoms with Crippen LogP contribution >= 0.6 is 11.6 Å². The average Bonchev–Trinajstić information content (AvgIpc) is 2.91. The van der Waals surface area contributed by atoms with Gasteiger partial charge in [-0.15, -0.1) is 0 Å². The molecule has 0 aliphatic heterocycles. The number of aromatic amines is 1. The number of H-pyrrole nitrogens is 1. The van der Waals surface area contributed by atoms with E-state index in [9.17, 15) is 4.79 Å².